The van der Waals surface area contributed by atoms with Crippen molar-refractivity contribution in [3.05, 3.63) is 30.1 Å². The number of carbonyl (C=O) groups is 1. The van der Waals surface area contributed by atoms with Crippen molar-refractivity contribution in [2.24, 2.45) is 5.92 Å². The van der Waals surface area contributed by atoms with Crippen molar-refractivity contribution >= 4 is 5.91 Å². The smallest absolute Gasteiger partial charge is 0.223 e. The number of rotatable bonds is 10. The van der Waals surface area contributed by atoms with Crippen molar-refractivity contribution in [3.8, 4) is 5.75 Å². The molecule has 0 bridgehead atoms. The van der Waals surface area contributed by atoms with E-state index in [0.29, 0.717) is 24.6 Å². The summed E-state index contributed by atoms with van der Waals surface area (Å²) in [6.07, 6.45) is 2.95. The van der Waals surface area contributed by atoms with Crippen LogP contribution in [-0.2, 0) is 4.79 Å². The Kier molecular flexibility index (Phi) is 8.43. The van der Waals surface area contributed by atoms with Crippen LogP contribution in [0.2, 0.25) is 0 Å². The molecule has 2 N–H and O–H groups in total. The molecule has 5 heteroatoms. The molecule has 1 aromatic rings. The first kappa shape index (κ1) is 17.4. The van der Waals surface area contributed by atoms with Crippen molar-refractivity contribution in [1.82, 2.24) is 5.32 Å². The van der Waals surface area contributed by atoms with Gasteiger partial charge in [-0.15, -0.1) is 0 Å². The van der Waals surface area contributed by atoms with Gasteiger partial charge in [0.15, 0.2) is 0 Å². The first-order valence-electron chi connectivity index (χ1n) is 7.41. The molecule has 118 valence electrons. The molecule has 1 amide bonds. The van der Waals surface area contributed by atoms with Crippen LogP contribution in [0.5, 0.6) is 5.75 Å². The van der Waals surface area contributed by atoms with Crippen LogP contribution in [0.3, 0.4) is 0 Å². The minimum atomic E-state index is -0.358. The lowest BCUT2D eigenvalue weighted by Crippen LogP contribution is -2.30. The van der Waals surface area contributed by atoms with Gasteiger partial charge in [-0.05, 0) is 30.9 Å². The van der Waals surface area contributed by atoms with Crippen molar-refractivity contribution in [3.63, 3.8) is 0 Å². The molecule has 0 spiro atoms. The van der Waals surface area contributed by atoms with Crippen molar-refractivity contribution in [2.75, 3.05) is 19.8 Å². The van der Waals surface area contributed by atoms with Crippen molar-refractivity contribution in [2.45, 2.75) is 32.6 Å². The largest absolute Gasteiger partial charge is 0.493 e. The summed E-state index contributed by atoms with van der Waals surface area (Å²) in [5.74, 6) is 0.286. The molecule has 0 aliphatic rings. The Hall–Kier alpha value is -1.62. The number of aliphatic hydroxyl groups is 1. The second kappa shape index (κ2) is 10.2. The fraction of sp³-hybridized carbons (Fsp3) is 0.562. The van der Waals surface area contributed by atoms with Crippen LogP contribution in [0.1, 0.15) is 32.6 Å². The van der Waals surface area contributed by atoms with Crippen LogP contribution >= 0.6 is 0 Å². The highest BCUT2D eigenvalue weighted by atomic mass is 19.1. The lowest BCUT2D eigenvalue weighted by Gasteiger charge is -2.15. The van der Waals surface area contributed by atoms with E-state index in [9.17, 15) is 9.18 Å². The Morgan fingerprint density at radius 2 is 2.24 bits per heavy atom. The van der Waals surface area contributed by atoms with E-state index in [1.807, 2.05) is 0 Å². The maximum absolute atomic E-state index is 12.9. The van der Waals surface area contributed by atoms with Crippen LogP contribution in [-0.4, -0.2) is 30.8 Å². The van der Waals surface area contributed by atoms with E-state index in [0.717, 1.165) is 12.8 Å². The maximum Gasteiger partial charge on any atom is 0.223 e. The van der Waals surface area contributed by atoms with Crippen LogP contribution in [0, 0.1) is 11.7 Å². The summed E-state index contributed by atoms with van der Waals surface area (Å²) in [5.41, 5.74) is 0. The zero-order valence-corrected chi connectivity index (χ0v) is 12.5. The number of nitrogens with one attached hydrogen (secondary N) is 1. The van der Waals surface area contributed by atoms with Gasteiger partial charge in [0.05, 0.1) is 13.0 Å². The molecule has 0 heterocycles. The van der Waals surface area contributed by atoms with E-state index < -0.39 is 0 Å². The number of halogens is 1. The average Bonchev–Trinajstić information content (AvgIpc) is 2.45. The summed E-state index contributed by atoms with van der Waals surface area (Å²) in [4.78, 5) is 11.7. The van der Waals surface area contributed by atoms with E-state index in [1.54, 1.807) is 12.1 Å². The topological polar surface area (TPSA) is 58.6 Å². The fourth-order valence-electron chi connectivity index (χ4n) is 2.10. The summed E-state index contributed by atoms with van der Waals surface area (Å²) in [6.45, 7) is 3.02. The number of benzene rings is 1. The molecule has 0 aliphatic heterocycles. The first-order chi connectivity index (χ1) is 10.2. The van der Waals surface area contributed by atoms with Gasteiger partial charge in [-0.1, -0.05) is 19.4 Å². The van der Waals surface area contributed by atoms with Gasteiger partial charge >= 0.3 is 0 Å². The monoisotopic (exact) mass is 297 g/mol. The molecule has 0 saturated heterocycles. The molecule has 0 radical (unpaired) electrons. The highest BCUT2D eigenvalue weighted by Gasteiger charge is 2.09. The molecular formula is C16H24FNO3. The Bertz CT molecular complexity index is 420. The minimum absolute atomic E-state index is 0.0922. The Morgan fingerprint density at radius 1 is 1.43 bits per heavy atom. The quantitative estimate of drug-likeness (QED) is 0.697. The normalized spacial score (nSPS) is 12.0. The van der Waals surface area contributed by atoms with Crippen molar-refractivity contribution in [1.29, 1.82) is 0 Å². The molecule has 0 aromatic heterocycles. The molecule has 1 rings (SSSR count). The molecule has 0 aliphatic carbocycles. The highest BCUT2D eigenvalue weighted by Crippen LogP contribution is 2.12. The molecule has 1 atom stereocenters. The summed E-state index contributed by atoms with van der Waals surface area (Å²) in [5, 5.41) is 11.8. The second-order valence-electron chi connectivity index (χ2n) is 5.03. The van der Waals surface area contributed by atoms with E-state index >= 15 is 0 Å². The zero-order valence-electron chi connectivity index (χ0n) is 12.5. The van der Waals surface area contributed by atoms with Crippen LogP contribution in [0.4, 0.5) is 4.39 Å². The SMILES string of the molecule is CCCC(CCO)CNC(=O)CCOc1cccc(F)c1. The van der Waals surface area contributed by atoms with Crippen molar-refractivity contribution < 1.29 is 19.0 Å². The maximum atomic E-state index is 12.9. The number of aliphatic hydroxyl groups excluding tert-OH is 1. The molecular weight excluding hydrogens is 273 g/mol. The van der Waals surface area contributed by atoms with Gasteiger partial charge in [-0.3, -0.25) is 4.79 Å². The third-order valence-electron chi connectivity index (χ3n) is 3.22. The van der Waals surface area contributed by atoms with E-state index in [1.165, 1.54) is 12.1 Å². The lowest BCUT2D eigenvalue weighted by molar-refractivity contribution is -0.121. The predicted molar refractivity (Wildman–Crippen MR) is 79.6 cm³/mol. The van der Waals surface area contributed by atoms with Gasteiger partial charge in [0.1, 0.15) is 11.6 Å². The van der Waals surface area contributed by atoms with Gasteiger partial charge in [-0.25, -0.2) is 4.39 Å². The molecule has 1 unspecified atom stereocenters. The number of hydrogen-bond donors (Lipinski definition) is 2. The fourth-order valence-corrected chi connectivity index (χ4v) is 2.10. The Labute approximate surface area is 125 Å². The number of hydrogen-bond acceptors (Lipinski definition) is 3. The third kappa shape index (κ3) is 7.66. The Balaban J connectivity index is 2.21. The summed E-state index contributed by atoms with van der Waals surface area (Å²) >= 11 is 0. The predicted octanol–water partition coefficient (Wildman–Crippen LogP) is 2.51. The van der Waals surface area contributed by atoms with Gasteiger partial charge < -0.3 is 15.2 Å². The van der Waals surface area contributed by atoms with Gasteiger partial charge in [0, 0.05) is 19.2 Å². The first-order valence-corrected chi connectivity index (χ1v) is 7.41. The van der Waals surface area contributed by atoms with Gasteiger partial charge in [0.2, 0.25) is 5.91 Å². The molecule has 4 nitrogen and oxygen atoms in total. The van der Waals surface area contributed by atoms with Crippen LogP contribution < -0.4 is 10.1 Å². The standard InChI is InChI=1S/C16H24FNO3/c1-2-4-13(7-9-19)12-18-16(20)8-10-21-15-6-3-5-14(17)11-15/h3,5-6,11,13,19H,2,4,7-10,12H2,1H3,(H,18,20). The molecule has 0 fully saturated rings. The highest BCUT2D eigenvalue weighted by molar-refractivity contribution is 5.75. The lowest BCUT2D eigenvalue weighted by atomic mass is 10.0. The summed E-state index contributed by atoms with van der Waals surface area (Å²) in [6, 6.07) is 5.85. The second-order valence-corrected chi connectivity index (χ2v) is 5.03. The number of ether oxygens (including phenoxy) is 1. The molecule has 0 saturated carbocycles. The van der Waals surface area contributed by atoms with Crippen LogP contribution in [0.25, 0.3) is 0 Å². The van der Waals surface area contributed by atoms with Gasteiger partial charge in [-0.2, -0.15) is 0 Å². The number of amides is 1. The van der Waals surface area contributed by atoms with E-state index in [-0.39, 0.29) is 31.4 Å². The van der Waals surface area contributed by atoms with E-state index in [2.05, 4.69) is 12.2 Å². The minimum Gasteiger partial charge on any atom is -0.493 e. The summed E-state index contributed by atoms with van der Waals surface area (Å²) in [7, 11) is 0. The Morgan fingerprint density at radius 3 is 2.90 bits per heavy atom. The number of carbonyl (C=O) groups excluding carboxylic acids is 1. The molecule has 1 aromatic carbocycles. The summed E-state index contributed by atoms with van der Waals surface area (Å²) < 4.78 is 18.2. The molecule has 21 heavy (non-hydrogen) atoms. The van der Waals surface area contributed by atoms with E-state index in [4.69, 9.17) is 9.84 Å². The van der Waals surface area contributed by atoms with Gasteiger partial charge in [0.25, 0.3) is 0 Å². The zero-order chi connectivity index (χ0) is 15.5. The average molecular weight is 297 g/mol. The van der Waals surface area contributed by atoms with Crippen LogP contribution in [0.15, 0.2) is 24.3 Å². The third-order valence-corrected chi connectivity index (χ3v) is 3.22.